The third-order valence-electron chi connectivity index (χ3n) is 2.49. The Morgan fingerprint density at radius 3 is 2.82 bits per heavy atom. The molecule has 2 aromatic rings. The predicted molar refractivity (Wildman–Crippen MR) is 69.2 cm³/mol. The van der Waals surface area contributed by atoms with Crippen LogP contribution < -0.4 is 10.5 Å². The fourth-order valence-corrected chi connectivity index (χ4v) is 1.74. The molecular weight excluding hydrogens is 236 g/mol. The van der Waals surface area contributed by atoms with E-state index in [9.17, 15) is 0 Å². The van der Waals surface area contributed by atoms with Gasteiger partial charge in [-0.25, -0.2) is 0 Å². The van der Waals surface area contributed by atoms with Crippen molar-refractivity contribution in [3.05, 3.63) is 52.8 Å². The molecule has 0 unspecified atom stereocenters. The number of anilines is 1. The summed E-state index contributed by atoms with van der Waals surface area (Å²) in [5.74, 6) is 0.742. The summed E-state index contributed by atoms with van der Waals surface area (Å²) in [7, 11) is 0. The van der Waals surface area contributed by atoms with E-state index < -0.39 is 0 Å². The molecule has 0 spiro atoms. The number of nitrogens with zero attached hydrogens (tertiary/aromatic N) is 1. The zero-order chi connectivity index (χ0) is 12.3. The van der Waals surface area contributed by atoms with Crippen molar-refractivity contribution in [1.82, 2.24) is 4.98 Å². The van der Waals surface area contributed by atoms with E-state index in [1.807, 2.05) is 25.1 Å². The lowest BCUT2D eigenvalue weighted by atomic mass is 10.2. The van der Waals surface area contributed by atoms with Crippen LogP contribution in [-0.4, -0.2) is 4.98 Å². The molecule has 3 nitrogen and oxygen atoms in total. The smallest absolute Gasteiger partial charge is 0.141 e. The van der Waals surface area contributed by atoms with Gasteiger partial charge >= 0.3 is 0 Å². The normalized spacial score (nSPS) is 10.2. The van der Waals surface area contributed by atoms with Crippen molar-refractivity contribution in [3.63, 3.8) is 0 Å². The number of benzene rings is 1. The monoisotopic (exact) mass is 248 g/mol. The Morgan fingerprint density at radius 1 is 1.29 bits per heavy atom. The first-order valence-corrected chi connectivity index (χ1v) is 5.63. The van der Waals surface area contributed by atoms with Crippen LogP contribution in [0, 0.1) is 6.92 Å². The van der Waals surface area contributed by atoms with E-state index in [-0.39, 0.29) is 0 Å². The number of pyridine rings is 1. The molecule has 0 radical (unpaired) electrons. The van der Waals surface area contributed by atoms with Crippen molar-refractivity contribution in [1.29, 1.82) is 0 Å². The Hall–Kier alpha value is -1.74. The molecule has 88 valence electrons. The summed E-state index contributed by atoms with van der Waals surface area (Å²) in [6, 6.07) is 9.12. The molecule has 0 aliphatic heterocycles. The molecule has 0 aliphatic carbocycles. The number of hydrogen-bond donors (Lipinski definition) is 1. The first kappa shape index (κ1) is 11.7. The third-order valence-corrected chi connectivity index (χ3v) is 2.84. The fraction of sp³-hybridized carbons (Fsp3) is 0.154. The van der Waals surface area contributed by atoms with Crippen LogP contribution in [0.3, 0.4) is 0 Å². The summed E-state index contributed by atoms with van der Waals surface area (Å²) in [6.07, 6.45) is 1.73. The summed E-state index contributed by atoms with van der Waals surface area (Å²) in [6.45, 7) is 2.24. The highest BCUT2D eigenvalue weighted by Gasteiger charge is 2.06. The van der Waals surface area contributed by atoms with Gasteiger partial charge in [-0.3, -0.25) is 4.98 Å². The molecule has 2 N–H and O–H groups in total. The van der Waals surface area contributed by atoms with Crippen molar-refractivity contribution in [2.45, 2.75) is 13.5 Å². The number of nitrogens with two attached hydrogens (primary N) is 1. The van der Waals surface area contributed by atoms with Crippen LogP contribution in [0.2, 0.25) is 5.02 Å². The minimum Gasteiger partial charge on any atom is -0.487 e. The second-order valence-corrected chi connectivity index (χ2v) is 4.09. The van der Waals surface area contributed by atoms with Crippen molar-refractivity contribution in [3.8, 4) is 5.75 Å². The second kappa shape index (κ2) is 5.06. The van der Waals surface area contributed by atoms with Gasteiger partial charge in [0, 0.05) is 22.5 Å². The minimum atomic E-state index is 0.345. The average Bonchev–Trinajstić information content (AvgIpc) is 2.30. The van der Waals surface area contributed by atoms with E-state index in [4.69, 9.17) is 22.1 Å². The summed E-state index contributed by atoms with van der Waals surface area (Å²) in [5.41, 5.74) is 8.13. The number of aromatic nitrogens is 1. The molecule has 0 fully saturated rings. The Bertz CT molecular complexity index is 508. The number of aryl methyl sites for hydroxylation is 1. The molecule has 0 aliphatic rings. The van der Waals surface area contributed by atoms with Gasteiger partial charge in [-0.1, -0.05) is 17.7 Å². The van der Waals surface area contributed by atoms with Gasteiger partial charge in [0.05, 0.1) is 5.69 Å². The van der Waals surface area contributed by atoms with Crippen LogP contribution in [0.15, 0.2) is 36.5 Å². The van der Waals surface area contributed by atoms with E-state index in [1.165, 1.54) is 0 Å². The number of nitrogen functional groups attached to an aromatic ring is 1. The third kappa shape index (κ3) is 2.68. The lowest BCUT2D eigenvalue weighted by Crippen LogP contribution is -2.02. The van der Waals surface area contributed by atoms with Crippen LogP contribution in [0.4, 0.5) is 5.69 Å². The molecule has 1 heterocycles. The van der Waals surface area contributed by atoms with Gasteiger partial charge < -0.3 is 10.5 Å². The standard InChI is InChI=1S/C13H13ClN2O/c1-9-13(6-3-7-16-9)17-8-10-11(14)4-2-5-12(10)15/h2-7H,8,15H2,1H3. The van der Waals surface area contributed by atoms with Gasteiger partial charge in [-0.05, 0) is 31.2 Å². The number of ether oxygens (including phenoxy) is 1. The highest BCUT2D eigenvalue weighted by Crippen LogP contribution is 2.24. The highest BCUT2D eigenvalue weighted by atomic mass is 35.5. The largest absolute Gasteiger partial charge is 0.487 e. The van der Waals surface area contributed by atoms with Crippen LogP contribution in [0.1, 0.15) is 11.3 Å². The van der Waals surface area contributed by atoms with Crippen LogP contribution in [0.25, 0.3) is 0 Å². The summed E-state index contributed by atoms with van der Waals surface area (Å²) in [5, 5.41) is 0.617. The van der Waals surface area contributed by atoms with E-state index >= 15 is 0 Å². The van der Waals surface area contributed by atoms with Crippen molar-refractivity contribution < 1.29 is 4.74 Å². The maximum atomic E-state index is 6.06. The van der Waals surface area contributed by atoms with E-state index in [2.05, 4.69) is 4.98 Å². The van der Waals surface area contributed by atoms with Crippen molar-refractivity contribution in [2.75, 3.05) is 5.73 Å². The van der Waals surface area contributed by atoms with Gasteiger partial charge in [0.15, 0.2) is 0 Å². The second-order valence-electron chi connectivity index (χ2n) is 3.68. The Balaban J connectivity index is 2.16. The molecule has 17 heavy (non-hydrogen) atoms. The molecule has 0 saturated heterocycles. The van der Waals surface area contributed by atoms with Crippen LogP contribution >= 0.6 is 11.6 Å². The molecule has 0 amide bonds. The van der Waals surface area contributed by atoms with Gasteiger partial charge in [-0.15, -0.1) is 0 Å². The van der Waals surface area contributed by atoms with Gasteiger partial charge in [0.25, 0.3) is 0 Å². The van der Waals surface area contributed by atoms with Crippen LogP contribution in [0.5, 0.6) is 5.75 Å². The van der Waals surface area contributed by atoms with Crippen molar-refractivity contribution in [2.24, 2.45) is 0 Å². The zero-order valence-electron chi connectivity index (χ0n) is 9.48. The summed E-state index contributed by atoms with van der Waals surface area (Å²) >= 11 is 6.06. The molecule has 0 saturated carbocycles. The Labute approximate surface area is 105 Å². The summed E-state index contributed by atoms with van der Waals surface area (Å²) < 4.78 is 5.66. The first-order valence-electron chi connectivity index (χ1n) is 5.26. The number of rotatable bonds is 3. The molecule has 1 aromatic heterocycles. The zero-order valence-corrected chi connectivity index (χ0v) is 10.2. The van der Waals surface area contributed by atoms with Crippen LogP contribution in [-0.2, 0) is 6.61 Å². The molecule has 0 atom stereocenters. The highest BCUT2D eigenvalue weighted by molar-refractivity contribution is 6.31. The molecule has 0 bridgehead atoms. The average molecular weight is 249 g/mol. The van der Waals surface area contributed by atoms with Gasteiger partial charge in [-0.2, -0.15) is 0 Å². The quantitative estimate of drug-likeness (QED) is 0.849. The predicted octanol–water partition coefficient (Wildman–Crippen LogP) is 3.20. The first-order chi connectivity index (χ1) is 8.18. The SMILES string of the molecule is Cc1ncccc1OCc1c(N)cccc1Cl. The Morgan fingerprint density at radius 2 is 2.12 bits per heavy atom. The maximum absolute atomic E-state index is 6.06. The molecule has 2 rings (SSSR count). The van der Waals surface area contributed by atoms with Gasteiger partial charge in [0.2, 0.25) is 0 Å². The topological polar surface area (TPSA) is 48.1 Å². The van der Waals surface area contributed by atoms with E-state index in [1.54, 1.807) is 18.3 Å². The molecule has 4 heteroatoms. The fourth-order valence-electron chi connectivity index (χ4n) is 1.50. The van der Waals surface area contributed by atoms with Gasteiger partial charge in [0.1, 0.15) is 12.4 Å². The van der Waals surface area contributed by atoms with E-state index in [0.29, 0.717) is 17.3 Å². The summed E-state index contributed by atoms with van der Waals surface area (Å²) in [4.78, 5) is 4.15. The molecular formula is C13H13ClN2O. The minimum absolute atomic E-state index is 0.345. The maximum Gasteiger partial charge on any atom is 0.141 e. The Kier molecular flexibility index (Phi) is 3.49. The lowest BCUT2D eigenvalue weighted by molar-refractivity contribution is 0.303. The number of halogens is 1. The van der Waals surface area contributed by atoms with E-state index in [0.717, 1.165) is 17.0 Å². The lowest BCUT2D eigenvalue weighted by Gasteiger charge is -2.11. The van der Waals surface area contributed by atoms with Crippen molar-refractivity contribution >= 4 is 17.3 Å². The molecule has 1 aromatic carbocycles. The number of hydrogen-bond acceptors (Lipinski definition) is 3.